The van der Waals surface area contributed by atoms with Gasteiger partial charge in [0.1, 0.15) is 5.76 Å². The maximum atomic E-state index is 12.2. The number of carbonyl (C=O) groups is 4. The highest BCUT2D eigenvalue weighted by atomic mass is 16.5. The number of aromatic nitrogens is 1. The summed E-state index contributed by atoms with van der Waals surface area (Å²) in [7, 11) is 1.36. The minimum absolute atomic E-state index is 0.0668. The SMILES string of the molecule is Cc1cc(NC(=O)C(C)OC(=O)c2ccc3c(c2)C(=O)N(C)C3=O)no1. The van der Waals surface area contributed by atoms with Crippen LogP contribution in [0.4, 0.5) is 5.82 Å². The van der Waals surface area contributed by atoms with Crippen molar-refractivity contribution in [1.82, 2.24) is 10.1 Å². The first-order chi connectivity index (χ1) is 12.3. The molecule has 1 aliphatic rings. The van der Waals surface area contributed by atoms with Gasteiger partial charge in [0, 0.05) is 13.1 Å². The molecule has 26 heavy (non-hydrogen) atoms. The van der Waals surface area contributed by atoms with E-state index in [9.17, 15) is 19.2 Å². The van der Waals surface area contributed by atoms with E-state index in [1.807, 2.05) is 0 Å². The number of imide groups is 1. The lowest BCUT2D eigenvalue weighted by molar-refractivity contribution is -0.123. The number of benzene rings is 1. The molecular formula is C17H15N3O6. The van der Waals surface area contributed by atoms with Crippen molar-refractivity contribution in [3.8, 4) is 0 Å². The molecule has 3 rings (SSSR count). The summed E-state index contributed by atoms with van der Waals surface area (Å²) < 4.78 is 9.94. The van der Waals surface area contributed by atoms with Crippen LogP contribution in [0.3, 0.4) is 0 Å². The fourth-order valence-electron chi connectivity index (χ4n) is 2.42. The van der Waals surface area contributed by atoms with Crippen LogP contribution in [0.2, 0.25) is 0 Å². The first-order valence-electron chi connectivity index (χ1n) is 7.69. The van der Waals surface area contributed by atoms with Gasteiger partial charge in [-0.05, 0) is 32.0 Å². The number of fused-ring (bicyclic) bond motifs is 1. The summed E-state index contributed by atoms with van der Waals surface area (Å²) in [5.74, 6) is -1.57. The highest BCUT2D eigenvalue weighted by Gasteiger charge is 2.33. The van der Waals surface area contributed by atoms with Gasteiger partial charge in [0.25, 0.3) is 17.7 Å². The Labute approximate surface area is 147 Å². The first kappa shape index (κ1) is 17.3. The molecule has 2 heterocycles. The minimum Gasteiger partial charge on any atom is -0.449 e. The van der Waals surface area contributed by atoms with Gasteiger partial charge in [-0.3, -0.25) is 19.3 Å². The van der Waals surface area contributed by atoms with Gasteiger partial charge < -0.3 is 14.6 Å². The number of hydrogen-bond acceptors (Lipinski definition) is 7. The van der Waals surface area contributed by atoms with E-state index in [0.29, 0.717) is 5.76 Å². The highest BCUT2D eigenvalue weighted by Crippen LogP contribution is 2.23. The number of carbonyl (C=O) groups excluding carboxylic acids is 4. The van der Waals surface area contributed by atoms with Gasteiger partial charge in [0.05, 0.1) is 16.7 Å². The Morgan fingerprint density at radius 1 is 1.19 bits per heavy atom. The van der Waals surface area contributed by atoms with Crippen molar-refractivity contribution in [3.05, 3.63) is 46.7 Å². The van der Waals surface area contributed by atoms with Crippen molar-refractivity contribution >= 4 is 29.5 Å². The maximum absolute atomic E-state index is 12.2. The average molecular weight is 357 g/mol. The molecule has 1 aliphatic heterocycles. The largest absolute Gasteiger partial charge is 0.449 e. The summed E-state index contributed by atoms with van der Waals surface area (Å²) in [6.45, 7) is 3.07. The van der Waals surface area contributed by atoms with Gasteiger partial charge in [-0.2, -0.15) is 0 Å². The summed E-state index contributed by atoms with van der Waals surface area (Å²) in [5, 5.41) is 6.07. The standard InChI is InChI=1S/C17H15N3O6/c1-8-6-13(19-26-8)18-14(21)9(2)25-17(24)10-4-5-11-12(7-10)16(23)20(3)15(11)22/h4-7,9H,1-3H3,(H,18,19,21). The number of nitrogens with zero attached hydrogens (tertiary/aromatic N) is 2. The van der Waals surface area contributed by atoms with Crippen LogP contribution in [-0.4, -0.2) is 46.9 Å². The lowest BCUT2D eigenvalue weighted by Crippen LogP contribution is -2.30. The Balaban J connectivity index is 1.69. The van der Waals surface area contributed by atoms with E-state index in [1.54, 1.807) is 6.92 Å². The van der Waals surface area contributed by atoms with Gasteiger partial charge in [-0.25, -0.2) is 4.79 Å². The quantitative estimate of drug-likeness (QED) is 0.649. The second-order valence-electron chi connectivity index (χ2n) is 5.79. The van der Waals surface area contributed by atoms with Gasteiger partial charge in [0.2, 0.25) is 0 Å². The molecule has 9 nitrogen and oxygen atoms in total. The number of anilines is 1. The second-order valence-corrected chi connectivity index (χ2v) is 5.79. The van der Waals surface area contributed by atoms with E-state index >= 15 is 0 Å². The van der Waals surface area contributed by atoms with Crippen LogP contribution < -0.4 is 5.32 Å². The van der Waals surface area contributed by atoms with Crippen molar-refractivity contribution in [2.24, 2.45) is 0 Å². The molecular weight excluding hydrogens is 342 g/mol. The summed E-state index contributed by atoms with van der Waals surface area (Å²) in [6, 6.07) is 5.56. The summed E-state index contributed by atoms with van der Waals surface area (Å²) in [6.07, 6.45) is -1.10. The molecule has 0 saturated heterocycles. The number of ether oxygens (including phenoxy) is 1. The molecule has 0 fully saturated rings. The number of esters is 1. The second kappa shape index (κ2) is 6.43. The van der Waals surface area contributed by atoms with Crippen LogP contribution in [0, 0.1) is 6.92 Å². The Bertz CT molecular complexity index is 932. The molecule has 134 valence electrons. The number of rotatable bonds is 4. The lowest BCUT2D eigenvalue weighted by atomic mass is 10.1. The zero-order valence-electron chi connectivity index (χ0n) is 14.2. The third kappa shape index (κ3) is 3.06. The predicted molar refractivity (Wildman–Crippen MR) is 87.6 cm³/mol. The molecule has 0 radical (unpaired) electrons. The molecule has 3 amide bonds. The van der Waals surface area contributed by atoms with Gasteiger partial charge in [-0.1, -0.05) is 5.16 Å². The monoisotopic (exact) mass is 357 g/mol. The van der Waals surface area contributed by atoms with E-state index in [4.69, 9.17) is 9.26 Å². The van der Waals surface area contributed by atoms with Gasteiger partial charge >= 0.3 is 5.97 Å². The Morgan fingerprint density at radius 3 is 2.54 bits per heavy atom. The first-order valence-corrected chi connectivity index (χ1v) is 7.69. The van der Waals surface area contributed by atoms with Crippen molar-refractivity contribution in [3.63, 3.8) is 0 Å². The lowest BCUT2D eigenvalue weighted by Gasteiger charge is -2.12. The molecule has 1 aromatic carbocycles. The summed E-state index contributed by atoms with van der Waals surface area (Å²) in [5.41, 5.74) is 0.417. The number of hydrogen-bond donors (Lipinski definition) is 1. The van der Waals surface area contributed by atoms with Crippen LogP contribution >= 0.6 is 0 Å². The zero-order chi connectivity index (χ0) is 19.0. The molecule has 0 aliphatic carbocycles. The fourth-order valence-corrected chi connectivity index (χ4v) is 2.42. The van der Waals surface area contributed by atoms with E-state index < -0.39 is 29.8 Å². The van der Waals surface area contributed by atoms with Crippen molar-refractivity contribution in [1.29, 1.82) is 0 Å². The molecule has 1 atom stereocenters. The topological polar surface area (TPSA) is 119 Å². The minimum atomic E-state index is -1.10. The van der Waals surface area contributed by atoms with Gasteiger partial charge in [0.15, 0.2) is 11.9 Å². The van der Waals surface area contributed by atoms with Crippen molar-refractivity contribution in [2.75, 3.05) is 12.4 Å². The summed E-state index contributed by atoms with van der Waals surface area (Å²) in [4.78, 5) is 49.1. The van der Waals surface area contributed by atoms with E-state index in [-0.39, 0.29) is 22.5 Å². The number of aryl methyl sites for hydroxylation is 1. The van der Waals surface area contributed by atoms with Crippen molar-refractivity contribution in [2.45, 2.75) is 20.0 Å². The van der Waals surface area contributed by atoms with Crippen LogP contribution in [0.15, 0.2) is 28.8 Å². The van der Waals surface area contributed by atoms with Crippen LogP contribution in [0.1, 0.15) is 43.8 Å². The third-order valence-corrected chi connectivity index (χ3v) is 3.86. The van der Waals surface area contributed by atoms with Crippen LogP contribution in [0.5, 0.6) is 0 Å². The third-order valence-electron chi connectivity index (χ3n) is 3.86. The predicted octanol–water partition coefficient (Wildman–Crippen LogP) is 1.39. The van der Waals surface area contributed by atoms with E-state index in [2.05, 4.69) is 10.5 Å². The molecule has 0 bridgehead atoms. The number of nitrogens with one attached hydrogen (secondary N) is 1. The fraction of sp³-hybridized carbons (Fsp3) is 0.235. The van der Waals surface area contributed by atoms with E-state index in [1.165, 1.54) is 38.2 Å². The Hall–Kier alpha value is -3.49. The smallest absolute Gasteiger partial charge is 0.338 e. The Kier molecular flexibility index (Phi) is 4.29. The van der Waals surface area contributed by atoms with Crippen molar-refractivity contribution < 1.29 is 28.4 Å². The van der Waals surface area contributed by atoms with Crippen LogP contribution in [0.25, 0.3) is 0 Å². The molecule has 0 spiro atoms. The highest BCUT2D eigenvalue weighted by molar-refractivity contribution is 6.21. The molecule has 1 aromatic heterocycles. The van der Waals surface area contributed by atoms with Crippen LogP contribution in [-0.2, 0) is 9.53 Å². The maximum Gasteiger partial charge on any atom is 0.338 e. The molecule has 0 saturated carbocycles. The average Bonchev–Trinajstić information content (AvgIpc) is 3.11. The molecule has 2 aromatic rings. The van der Waals surface area contributed by atoms with Gasteiger partial charge in [-0.15, -0.1) is 0 Å². The molecule has 1 N–H and O–H groups in total. The summed E-state index contributed by atoms with van der Waals surface area (Å²) >= 11 is 0. The molecule has 1 unspecified atom stereocenters. The van der Waals surface area contributed by atoms with E-state index in [0.717, 1.165) is 4.90 Å². The zero-order valence-corrected chi connectivity index (χ0v) is 14.2. The molecule has 9 heteroatoms. The number of amides is 3. The Morgan fingerprint density at radius 2 is 1.88 bits per heavy atom. The normalized spacial score (nSPS) is 14.2.